The van der Waals surface area contributed by atoms with Gasteiger partial charge in [0, 0.05) is 24.5 Å². The maximum Gasteiger partial charge on any atom is 0.522 e. The maximum atomic E-state index is 12.1. The van der Waals surface area contributed by atoms with Gasteiger partial charge >= 0.3 is 6.36 Å². The average molecular weight is 328 g/mol. The van der Waals surface area contributed by atoms with Crippen LogP contribution in [-0.2, 0) is 11.3 Å². The fraction of sp³-hybridized carbons (Fsp3) is 0.250. The Kier molecular flexibility index (Phi) is 3.78. The van der Waals surface area contributed by atoms with Gasteiger partial charge in [-0.2, -0.15) is 10.1 Å². The van der Waals surface area contributed by atoms with Gasteiger partial charge in [-0.05, 0) is 0 Å². The quantitative estimate of drug-likeness (QED) is 0.747. The first-order valence-corrected chi connectivity index (χ1v) is 6.35. The van der Waals surface area contributed by atoms with Gasteiger partial charge in [0.15, 0.2) is 5.82 Å². The van der Waals surface area contributed by atoms with Crippen LogP contribution in [0.15, 0.2) is 24.5 Å². The van der Waals surface area contributed by atoms with E-state index >= 15 is 0 Å². The lowest BCUT2D eigenvalue weighted by Crippen LogP contribution is -2.12. The van der Waals surface area contributed by atoms with Gasteiger partial charge in [-0.25, -0.2) is 4.98 Å². The van der Waals surface area contributed by atoms with E-state index in [2.05, 4.69) is 30.2 Å². The van der Waals surface area contributed by atoms with Crippen LogP contribution in [0.5, 0.6) is 5.88 Å². The number of nitrogens with zero attached hydrogens (tertiary/aromatic N) is 4. The van der Waals surface area contributed by atoms with Crippen molar-refractivity contribution in [3.8, 4) is 5.88 Å². The van der Waals surface area contributed by atoms with E-state index in [0.29, 0.717) is 11.5 Å². The molecule has 0 saturated carbocycles. The highest BCUT2D eigenvalue weighted by Crippen LogP contribution is 2.22. The van der Waals surface area contributed by atoms with Crippen molar-refractivity contribution in [1.82, 2.24) is 24.6 Å². The van der Waals surface area contributed by atoms with Crippen LogP contribution in [-0.4, -0.2) is 38.0 Å². The van der Waals surface area contributed by atoms with Crippen molar-refractivity contribution in [2.24, 2.45) is 0 Å². The molecule has 3 aromatic heterocycles. The fourth-order valence-corrected chi connectivity index (χ4v) is 1.88. The number of nitrogens with one attached hydrogen (secondary N) is 2. The van der Waals surface area contributed by atoms with Crippen molar-refractivity contribution in [1.29, 1.82) is 0 Å². The van der Waals surface area contributed by atoms with Gasteiger partial charge in [0.1, 0.15) is 5.65 Å². The Morgan fingerprint density at radius 1 is 1.35 bits per heavy atom. The summed E-state index contributed by atoms with van der Waals surface area (Å²) in [5.74, 6) is 1.02. The molecule has 0 atom stereocenters. The van der Waals surface area contributed by atoms with Gasteiger partial charge in [-0.1, -0.05) is 0 Å². The normalized spacial score (nSPS) is 11.8. The first-order chi connectivity index (χ1) is 10.9. The van der Waals surface area contributed by atoms with Crippen LogP contribution in [0.4, 0.5) is 24.9 Å². The highest BCUT2D eigenvalue weighted by Gasteiger charge is 2.29. The fourth-order valence-electron chi connectivity index (χ4n) is 1.88. The third-order valence-corrected chi connectivity index (χ3v) is 2.81. The lowest BCUT2D eigenvalue weighted by molar-refractivity contribution is -0.330. The summed E-state index contributed by atoms with van der Waals surface area (Å²) in [6.07, 6.45) is -1.72. The molecule has 0 unspecified atom stereocenters. The summed E-state index contributed by atoms with van der Waals surface area (Å²) in [7, 11) is 1.42. The lowest BCUT2D eigenvalue weighted by atomic mass is 10.5. The van der Waals surface area contributed by atoms with Gasteiger partial charge in [0.05, 0.1) is 19.4 Å². The highest BCUT2D eigenvalue weighted by atomic mass is 19.4. The zero-order chi connectivity index (χ0) is 16.4. The summed E-state index contributed by atoms with van der Waals surface area (Å²) in [6, 6.07) is 3.16. The van der Waals surface area contributed by atoms with Crippen LogP contribution in [0.2, 0.25) is 0 Å². The number of aromatic amines is 1. The molecule has 0 amide bonds. The third kappa shape index (κ3) is 3.51. The van der Waals surface area contributed by atoms with Crippen molar-refractivity contribution in [3.05, 3.63) is 30.2 Å². The highest BCUT2D eigenvalue weighted by molar-refractivity contribution is 5.55. The summed E-state index contributed by atoms with van der Waals surface area (Å²) < 4.78 is 46.7. The SMILES string of the molecule is COc1cc2nc(COC(F)(F)F)cn2c(Nc2cc[nH]n2)n1. The van der Waals surface area contributed by atoms with Crippen LogP contribution < -0.4 is 10.1 Å². The minimum Gasteiger partial charge on any atom is -0.481 e. The topological polar surface area (TPSA) is 89.4 Å². The monoisotopic (exact) mass is 328 g/mol. The summed E-state index contributed by atoms with van der Waals surface area (Å²) in [5.41, 5.74) is 0.457. The summed E-state index contributed by atoms with van der Waals surface area (Å²) in [4.78, 5) is 8.25. The first-order valence-electron chi connectivity index (χ1n) is 6.35. The molecule has 23 heavy (non-hydrogen) atoms. The average Bonchev–Trinajstić information content (AvgIpc) is 3.13. The largest absolute Gasteiger partial charge is 0.522 e. The molecule has 0 aliphatic heterocycles. The molecule has 3 rings (SSSR count). The Hall–Kier alpha value is -2.82. The van der Waals surface area contributed by atoms with Gasteiger partial charge in [-0.3, -0.25) is 14.2 Å². The number of imidazole rings is 1. The second-order valence-corrected chi connectivity index (χ2v) is 4.40. The van der Waals surface area contributed by atoms with Crippen LogP contribution >= 0.6 is 0 Å². The number of hydrogen-bond acceptors (Lipinski definition) is 6. The van der Waals surface area contributed by atoms with E-state index in [1.54, 1.807) is 12.3 Å². The molecule has 3 aromatic rings. The Balaban J connectivity index is 1.95. The van der Waals surface area contributed by atoms with Crippen LogP contribution in [0.25, 0.3) is 5.65 Å². The molecule has 0 bridgehead atoms. The van der Waals surface area contributed by atoms with Crippen LogP contribution in [0.3, 0.4) is 0 Å². The Labute approximate surface area is 127 Å². The Bertz CT molecular complexity index is 799. The van der Waals surface area contributed by atoms with Crippen molar-refractivity contribution in [3.63, 3.8) is 0 Å². The standard InChI is InChI=1S/C12H11F3N6O2/c1-22-10-4-9-17-7(6-23-12(13,14)15)5-21(9)11(19-10)18-8-2-3-16-20-8/h2-5H,6H2,1H3,(H2,16,18,19,20). The second kappa shape index (κ2) is 5.76. The van der Waals surface area contributed by atoms with E-state index in [9.17, 15) is 13.2 Å². The van der Waals surface area contributed by atoms with Crippen molar-refractivity contribution in [2.75, 3.05) is 12.4 Å². The van der Waals surface area contributed by atoms with E-state index in [0.717, 1.165) is 0 Å². The number of methoxy groups -OCH3 is 1. The van der Waals surface area contributed by atoms with Crippen LogP contribution in [0.1, 0.15) is 5.69 Å². The number of ether oxygens (including phenoxy) is 2. The smallest absolute Gasteiger partial charge is 0.481 e. The van der Waals surface area contributed by atoms with Gasteiger partial charge in [-0.15, -0.1) is 13.2 Å². The second-order valence-electron chi connectivity index (χ2n) is 4.40. The molecule has 0 radical (unpaired) electrons. The van der Waals surface area contributed by atoms with E-state index < -0.39 is 13.0 Å². The zero-order valence-electron chi connectivity index (χ0n) is 11.8. The summed E-state index contributed by atoms with van der Waals surface area (Å²) >= 11 is 0. The number of anilines is 2. The van der Waals surface area contributed by atoms with E-state index in [1.165, 1.54) is 23.8 Å². The molecule has 0 saturated heterocycles. The maximum absolute atomic E-state index is 12.1. The minimum absolute atomic E-state index is 0.0995. The van der Waals surface area contributed by atoms with E-state index in [4.69, 9.17) is 4.74 Å². The number of aromatic nitrogens is 5. The molecule has 0 spiro atoms. The Morgan fingerprint density at radius 2 is 2.17 bits per heavy atom. The zero-order valence-corrected chi connectivity index (χ0v) is 11.8. The van der Waals surface area contributed by atoms with Gasteiger partial charge < -0.3 is 10.1 Å². The molecule has 11 heteroatoms. The molecular formula is C12H11F3N6O2. The predicted molar refractivity (Wildman–Crippen MR) is 72.3 cm³/mol. The number of rotatable bonds is 5. The molecule has 0 aliphatic rings. The summed E-state index contributed by atoms with van der Waals surface area (Å²) in [6.45, 7) is -0.699. The molecule has 0 aliphatic carbocycles. The Morgan fingerprint density at radius 3 is 2.83 bits per heavy atom. The predicted octanol–water partition coefficient (Wildman–Crippen LogP) is 2.24. The van der Waals surface area contributed by atoms with E-state index in [-0.39, 0.29) is 17.5 Å². The van der Waals surface area contributed by atoms with Crippen molar-refractivity contribution < 1.29 is 22.6 Å². The molecule has 2 N–H and O–H groups in total. The van der Waals surface area contributed by atoms with Crippen molar-refractivity contribution in [2.45, 2.75) is 13.0 Å². The number of hydrogen-bond donors (Lipinski definition) is 2. The van der Waals surface area contributed by atoms with Crippen LogP contribution in [0, 0.1) is 0 Å². The van der Waals surface area contributed by atoms with Gasteiger partial charge in [0.25, 0.3) is 0 Å². The number of H-pyrrole nitrogens is 1. The third-order valence-electron chi connectivity index (χ3n) is 2.81. The van der Waals surface area contributed by atoms with E-state index in [1.807, 2.05) is 0 Å². The lowest BCUT2D eigenvalue weighted by Gasteiger charge is -2.07. The van der Waals surface area contributed by atoms with Gasteiger partial charge in [0.2, 0.25) is 11.8 Å². The molecule has 0 fully saturated rings. The number of halogens is 3. The summed E-state index contributed by atoms with van der Waals surface area (Å²) in [5, 5.41) is 9.47. The molecule has 3 heterocycles. The molecule has 122 valence electrons. The number of alkyl halides is 3. The first kappa shape index (κ1) is 15.1. The molecular weight excluding hydrogens is 317 g/mol. The number of fused-ring (bicyclic) bond motifs is 1. The molecule has 0 aromatic carbocycles. The van der Waals surface area contributed by atoms with Crippen molar-refractivity contribution >= 4 is 17.4 Å². The minimum atomic E-state index is -4.72. The molecule has 8 nitrogen and oxygen atoms in total.